The van der Waals surface area contributed by atoms with Gasteiger partial charge in [0.25, 0.3) is 0 Å². The first-order valence-corrected chi connectivity index (χ1v) is 7.24. The van der Waals surface area contributed by atoms with Crippen LogP contribution in [0, 0.1) is 11.3 Å². The van der Waals surface area contributed by atoms with E-state index in [4.69, 9.17) is 4.74 Å². The Kier molecular flexibility index (Phi) is 4.65. The third-order valence-corrected chi connectivity index (χ3v) is 5.00. The minimum absolute atomic E-state index is 0. The van der Waals surface area contributed by atoms with Crippen LogP contribution in [0.5, 0.6) is 0 Å². The van der Waals surface area contributed by atoms with Crippen molar-refractivity contribution in [2.75, 3.05) is 26.7 Å². The van der Waals surface area contributed by atoms with E-state index in [1.54, 1.807) is 0 Å². The van der Waals surface area contributed by atoms with Crippen molar-refractivity contribution in [1.82, 2.24) is 10.2 Å². The summed E-state index contributed by atoms with van der Waals surface area (Å²) in [6, 6.07) is 0.518. The number of rotatable bonds is 1. The number of likely N-dealkylation sites (tertiary alicyclic amines) is 1. The molecule has 1 aliphatic carbocycles. The molecule has 1 saturated carbocycles. The van der Waals surface area contributed by atoms with Gasteiger partial charge in [-0.25, -0.2) is 0 Å². The van der Waals surface area contributed by atoms with E-state index >= 15 is 0 Å². The Morgan fingerprint density at radius 1 is 1.32 bits per heavy atom. The van der Waals surface area contributed by atoms with Gasteiger partial charge in [0.15, 0.2) is 5.96 Å². The van der Waals surface area contributed by atoms with Crippen molar-refractivity contribution in [3.63, 3.8) is 0 Å². The Hall–Kier alpha value is -0.0400. The van der Waals surface area contributed by atoms with Gasteiger partial charge >= 0.3 is 0 Å². The van der Waals surface area contributed by atoms with Crippen LogP contribution in [-0.2, 0) is 4.74 Å². The Labute approximate surface area is 133 Å². The summed E-state index contributed by atoms with van der Waals surface area (Å²) in [5, 5.41) is 3.70. The molecule has 0 amide bonds. The highest BCUT2D eigenvalue weighted by Crippen LogP contribution is 2.52. The number of nitrogens with zero attached hydrogens (tertiary/aromatic N) is 2. The molecule has 5 heteroatoms. The molecule has 3 rings (SSSR count). The Balaban J connectivity index is 0.00000133. The van der Waals surface area contributed by atoms with Crippen LogP contribution in [0.3, 0.4) is 0 Å². The van der Waals surface area contributed by atoms with Gasteiger partial charge in [0, 0.05) is 44.1 Å². The van der Waals surface area contributed by atoms with Crippen LogP contribution in [-0.4, -0.2) is 49.7 Å². The van der Waals surface area contributed by atoms with E-state index in [9.17, 15) is 0 Å². The lowest BCUT2D eigenvalue weighted by molar-refractivity contribution is -0.107. The predicted octanol–water partition coefficient (Wildman–Crippen LogP) is 2.09. The molecule has 0 aromatic heterocycles. The van der Waals surface area contributed by atoms with Crippen LogP contribution in [0.25, 0.3) is 0 Å². The zero-order chi connectivity index (χ0) is 12.8. The highest BCUT2D eigenvalue weighted by atomic mass is 127. The predicted molar refractivity (Wildman–Crippen MR) is 88.1 cm³/mol. The molecule has 0 aromatic carbocycles. The molecule has 4 nitrogen and oxygen atoms in total. The number of fused-ring (bicyclic) bond motifs is 1. The summed E-state index contributed by atoms with van der Waals surface area (Å²) in [5.41, 5.74) is 0.233. The number of nitrogens with one attached hydrogen (secondary N) is 1. The molecule has 0 aromatic rings. The molecule has 1 N–H and O–H groups in total. The Morgan fingerprint density at radius 2 is 2.00 bits per heavy atom. The molecule has 0 bridgehead atoms. The monoisotopic (exact) mass is 379 g/mol. The van der Waals surface area contributed by atoms with E-state index in [-0.39, 0.29) is 29.4 Å². The summed E-state index contributed by atoms with van der Waals surface area (Å²) in [7, 11) is 1.90. The van der Waals surface area contributed by atoms with E-state index in [0.29, 0.717) is 18.1 Å². The average Bonchev–Trinajstić information content (AvgIpc) is 2.98. The van der Waals surface area contributed by atoms with E-state index in [1.807, 2.05) is 7.05 Å². The highest BCUT2D eigenvalue weighted by Gasteiger charge is 2.59. The fraction of sp³-hybridized carbons (Fsp3) is 0.929. The molecule has 2 saturated heterocycles. The molecule has 19 heavy (non-hydrogen) atoms. The van der Waals surface area contributed by atoms with Gasteiger partial charge in [0.05, 0.1) is 6.10 Å². The normalized spacial score (nSPS) is 36.5. The molecule has 3 aliphatic rings. The van der Waals surface area contributed by atoms with E-state index in [1.165, 1.54) is 19.3 Å². The van der Waals surface area contributed by atoms with Crippen molar-refractivity contribution >= 4 is 29.9 Å². The van der Waals surface area contributed by atoms with Gasteiger partial charge in [-0.15, -0.1) is 24.0 Å². The van der Waals surface area contributed by atoms with Crippen LogP contribution < -0.4 is 5.32 Å². The third kappa shape index (κ3) is 2.48. The van der Waals surface area contributed by atoms with Crippen LogP contribution in [0.2, 0.25) is 0 Å². The molecular weight excluding hydrogens is 353 g/mol. The number of guanidine groups is 1. The molecule has 0 spiro atoms. The van der Waals surface area contributed by atoms with Crippen LogP contribution in [0.15, 0.2) is 4.99 Å². The molecule has 2 heterocycles. The smallest absolute Gasteiger partial charge is 0.193 e. The zero-order valence-electron chi connectivity index (χ0n) is 12.2. The molecule has 3 atom stereocenters. The lowest BCUT2D eigenvalue weighted by Gasteiger charge is -2.55. The largest absolute Gasteiger partial charge is 0.377 e. The van der Waals surface area contributed by atoms with E-state index in [0.717, 1.165) is 25.7 Å². The van der Waals surface area contributed by atoms with Crippen LogP contribution in [0.1, 0.15) is 33.1 Å². The second-order valence-electron chi connectivity index (χ2n) is 6.43. The second-order valence-corrected chi connectivity index (χ2v) is 6.43. The van der Waals surface area contributed by atoms with E-state index < -0.39 is 0 Å². The minimum Gasteiger partial charge on any atom is -0.377 e. The first-order chi connectivity index (χ1) is 8.64. The van der Waals surface area contributed by atoms with Crippen molar-refractivity contribution < 1.29 is 4.74 Å². The minimum atomic E-state index is 0. The summed E-state index contributed by atoms with van der Waals surface area (Å²) in [5.74, 6) is 1.77. The standard InChI is InChI=1S/C14H25N3O.HI/c1-14(2)11(10-6-9-18-12(10)14)16-13(15-3)17-7-4-5-8-17;/h10-12H,4-9H2,1-3H3,(H,15,16);1H. The number of halogens is 1. The maximum atomic E-state index is 5.84. The fourth-order valence-corrected chi connectivity index (χ4v) is 3.98. The second kappa shape index (κ2) is 5.76. The molecular formula is C14H26IN3O. The van der Waals surface area contributed by atoms with E-state index in [2.05, 4.69) is 29.1 Å². The fourth-order valence-electron chi connectivity index (χ4n) is 3.98. The lowest BCUT2D eigenvalue weighted by Crippen LogP contribution is -2.68. The van der Waals surface area contributed by atoms with Gasteiger partial charge in [0.2, 0.25) is 0 Å². The van der Waals surface area contributed by atoms with Gasteiger partial charge in [-0.3, -0.25) is 4.99 Å². The first-order valence-electron chi connectivity index (χ1n) is 7.24. The maximum absolute atomic E-state index is 5.84. The maximum Gasteiger partial charge on any atom is 0.193 e. The third-order valence-electron chi connectivity index (χ3n) is 5.00. The Bertz CT molecular complexity index is 353. The van der Waals surface area contributed by atoms with Gasteiger partial charge < -0.3 is 15.0 Å². The summed E-state index contributed by atoms with van der Waals surface area (Å²) >= 11 is 0. The van der Waals surface area contributed by atoms with Crippen molar-refractivity contribution in [2.45, 2.75) is 45.3 Å². The molecule has 3 fully saturated rings. The topological polar surface area (TPSA) is 36.9 Å². The Morgan fingerprint density at radius 3 is 2.63 bits per heavy atom. The van der Waals surface area contributed by atoms with Crippen molar-refractivity contribution in [1.29, 1.82) is 0 Å². The summed E-state index contributed by atoms with van der Waals surface area (Å²) < 4.78 is 5.84. The quantitative estimate of drug-likeness (QED) is 0.431. The molecule has 110 valence electrons. The van der Waals surface area contributed by atoms with Gasteiger partial charge in [-0.1, -0.05) is 13.8 Å². The number of hydrogen-bond acceptors (Lipinski definition) is 2. The lowest BCUT2D eigenvalue weighted by atomic mass is 9.57. The summed E-state index contributed by atoms with van der Waals surface area (Å²) in [6.07, 6.45) is 4.24. The highest BCUT2D eigenvalue weighted by molar-refractivity contribution is 14.0. The van der Waals surface area contributed by atoms with Crippen molar-refractivity contribution in [3.05, 3.63) is 0 Å². The summed E-state index contributed by atoms with van der Waals surface area (Å²) in [4.78, 5) is 6.85. The van der Waals surface area contributed by atoms with Gasteiger partial charge in [-0.2, -0.15) is 0 Å². The molecule has 2 aliphatic heterocycles. The average molecular weight is 379 g/mol. The molecule has 3 unspecified atom stereocenters. The van der Waals surface area contributed by atoms with Gasteiger partial charge in [-0.05, 0) is 19.3 Å². The van der Waals surface area contributed by atoms with Crippen LogP contribution >= 0.6 is 24.0 Å². The number of ether oxygens (including phenoxy) is 1. The number of aliphatic imine (C=N–C) groups is 1. The van der Waals surface area contributed by atoms with Crippen molar-refractivity contribution in [3.8, 4) is 0 Å². The van der Waals surface area contributed by atoms with Crippen molar-refractivity contribution in [2.24, 2.45) is 16.3 Å². The van der Waals surface area contributed by atoms with Gasteiger partial charge in [0.1, 0.15) is 0 Å². The first kappa shape index (κ1) is 15.4. The summed E-state index contributed by atoms with van der Waals surface area (Å²) in [6.45, 7) is 7.86. The van der Waals surface area contributed by atoms with Crippen LogP contribution in [0.4, 0.5) is 0 Å². The number of hydrogen-bond donors (Lipinski definition) is 1. The zero-order valence-corrected chi connectivity index (χ0v) is 14.5. The molecule has 0 radical (unpaired) electrons. The SMILES string of the molecule is CN=C(NC1C2CCOC2C1(C)C)N1CCCC1.I.